The maximum absolute atomic E-state index is 8.03. The smallest absolute Gasteiger partial charge is 0.328 e. The molecule has 9 heavy (non-hydrogen) atoms. The van der Waals surface area contributed by atoms with Gasteiger partial charge in [-0.1, -0.05) is 0 Å². The fourth-order valence-corrected chi connectivity index (χ4v) is 0.495. The predicted octanol–water partition coefficient (Wildman–Crippen LogP) is -0.600. The maximum Gasteiger partial charge on any atom is 0.329 e. The molecule has 0 amide bonds. The second-order valence-corrected chi connectivity index (χ2v) is 2.41. The van der Waals surface area contributed by atoms with Crippen molar-refractivity contribution in [2.75, 3.05) is 6.79 Å². The average molecular weight is 176 g/mol. The Morgan fingerprint density at radius 2 is 1.22 bits per heavy atom. The topological polar surface area (TPSA) is 99.4 Å². The van der Waals surface area contributed by atoms with E-state index < -0.39 is 24.0 Å². The van der Waals surface area contributed by atoms with Gasteiger partial charge in [0.05, 0.1) is 0 Å². The molecule has 0 aromatic heterocycles. The van der Waals surface area contributed by atoms with Gasteiger partial charge in [-0.25, -0.2) is 0 Å². The summed E-state index contributed by atoms with van der Waals surface area (Å²) in [4.78, 5) is 32.1. The molecule has 0 radical (unpaired) electrons. The van der Waals surface area contributed by atoms with Crippen molar-refractivity contribution in [3.8, 4) is 0 Å². The molecule has 0 bridgehead atoms. The molecule has 0 aromatic carbocycles. The molecule has 0 spiro atoms. The van der Waals surface area contributed by atoms with Crippen molar-refractivity contribution >= 4 is 17.2 Å². The maximum atomic E-state index is 8.03. The minimum Gasteiger partial charge on any atom is -0.328 e. The van der Waals surface area contributed by atoms with E-state index in [1.165, 1.54) is 0 Å². The van der Waals surface area contributed by atoms with E-state index in [9.17, 15) is 0 Å². The Morgan fingerprint density at radius 3 is 1.44 bits per heavy atom. The van der Waals surface area contributed by atoms with Crippen LogP contribution in [0.2, 0.25) is 0 Å². The molecule has 0 rings (SSSR count). The lowest BCUT2D eigenvalue weighted by Crippen LogP contribution is -1.90. The minimum atomic E-state index is -2.47. The fraction of sp³-hybridized carbons (Fsp3) is 1.00. The van der Waals surface area contributed by atoms with E-state index >= 15 is 0 Å². The van der Waals surface area contributed by atoms with E-state index in [2.05, 4.69) is 9.05 Å². The first-order chi connectivity index (χ1) is 4.13. The van der Waals surface area contributed by atoms with Crippen molar-refractivity contribution in [1.82, 2.24) is 0 Å². The molecule has 0 aliphatic rings. The van der Waals surface area contributed by atoms with Gasteiger partial charge in [0, 0.05) is 0 Å². The van der Waals surface area contributed by atoms with Gasteiger partial charge in [0.1, 0.15) is 0 Å². The number of hydrogen-bond acceptors (Lipinski definition) is 6. The summed E-state index contributed by atoms with van der Waals surface area (Å²) < 4.78 is 8.01. The molecule has 0 aliphatic carbocycles. The van der Waals surface area contributed by atoms with Crippen molar-refractivity contribution in [2.45, 2.75) is 0 Å². The number of hydrogen-bond donors (Lipinski definition) is 4. The lowest BCUT2D eigenvalue weighted by Gasteiger charge is -2.03. The quantitative estimate of drug-likeness (QED) is 0.337. The van der Waals surface area contributed by atoms with Crippen LogP contribution < -0.4 is 0 Å². The van der Waals surface area contributed by atoms with E-state index in [0.717, 1.165) is 0 Å². The van der Waals surface area contributed by atoms with Crippen LogP contribution in [-0.2, 0) is 9.05 Å². The van der Waals surface area contributed by atoms with Crippen LogP contribution in [0, 0.1) is 0 Å². The van der Waals surface area contributed by atoms with Crippen molar-refractivity contribution in [3.63, 3.8) is 0 Å². The summed E-state index contributed by atoms with van der Waals surface area (Å²) in [5, 5.41) is 0. The summed E-state index contributed by atoms with van der Waals surface area (Å²) in [7, 11) is -4.94. The molecule has 8 heteroatoms. The SMILES string of the molecule is OP(O)OCOP(O)O. The van der Waals surface area contributed by atoms with Crippen LogP contribution in [0.5, 0.6) is 0 Å². The molecule has 0 fully saturated rings. The van der Waals surface area contributed by atoms with Gasteiger partial charge in [-0.2, -0.15) is 0 Å². The molecule has 6 nitrogen and oxygen atoms in total. The second kappa shape index (κ2) is 5.41. The zero-order chi connectivity index (χ0) is 7.28. The van der Waals surface area contributed by atoms with Crippen molar-refractivity contribution in [3.05, 3.63) is 0 Å². The Balaban J connectivity index is 2.91. The summed E-state index contributed by atoms with van der Waals surface area (Å²) in [6, 6.07) is 0. The first kappa shape index (κ1) is 9.62. The van der Waals surface area contributed by atoms with Gasteiger partial charge in [0.15, 0.2) is 6.79 Å². The summed E-state index contributed by atoms with van der Waals surface area (Å²) in [5.74, 6) is 0. The first-order valence-electron chi connectivity index (χ1n) is 1.74. The lowest BCUT2D eigenvalue weighted by molar-refractivity contribution is 0.0921. The zero-order valence-corrected chi connectivity index (χ0v) is 6.00. The van der Waals surface area contributed by atoms with Crippen LogP contribution in [0.3, 0.4) is 0 Å². The highest BCUT2D eigenvalue weighted by Crippen LogP contribution is 2.29. The van der Waals surface area contributed by atoms with Crippen LogP contribution in [-0.4, -0.2) is 26.4 Å². The van der Waals surface area contributed by atoms with E-state index in [1.807, 2.05) is 0 Å². The van der Waals surface area contributed by atoms with E-state index in [4.69, 9.17) is 19.6 Å². The molecular formula is CH6O6P2. The third kappa shape index (κ3) is 8.62. The normalized spacial score (nSPS) is 11.3. The largest absolute Gasteiger partial charge is 0.329 e. The van der Waals surface area contributed by atoms with Gasteiger partial charge in [-0.3, -0.25) is 9.05 Å². The average Bonchev–Trinajstić information content (AvgIpc) is 1.63. The predicted molar refractivity (Wildman–Crippen MR) is 29.8 cm³/mol. The van der Waals surface area contributed by atoms with Crippen molar-refractivity contribution in [1.29, 1.82) is 0 Å². The molecule has 0 unspecified atom stereocenters. The molecule has 0 saturated carbocycles. The van der Waals surface area contributed by atoms with Crippen LogP contribution in [0.15, 0.2) is 0 Å². The molecule has 0 saturated heterocycles. The Morgan fingerprint density at radius 1 is 0.889 bits per heavy atom. The van der Waals surface area contributed by atoms with E-state index in [1.54, 1.807) is 0 Å². The summed E-state index contributed by atoms with van der Waals surface area (Å²) in [5.41, 5.74) is 0. The molecular weight excluding hydrogens is 170 g/mol. The third-order valence-corrected chi connectivity index (χ3v) is 1.01. The Labute approximate surface area is 53.7 Å². The van der Waals surface area contributed by atoms with Crippen LogP contribution in [0.4, 0.5) is 0 Å². The molecule has 56 valence electrons. The van der Waals surface area contributed by atoms with Crippen LogP contribution in [0.25, 0.3) is 0 Å². The highest BCUT2D eigenvalue weighted by molar-refractivity contribution is 7.40. The van der Waals surface area contributed by atoms with Gasteiger partial charge in [-0.15, -0.1) is 0 Å². The number of rotatable bonds is 4. The van der Waals surface area contributed by atoms with Crippen molar-refractivity contribution in [2.24, 2.45) is 0 Å². The van der Waals surface area contributed by atoms with Gasteiger partial charge >= 0.3 is 17.2 Å². The molecule has 0 aliphatic heterocycles. The van der Waals surface area contributed by atoms with Gasteiger partial charge in [0.2, 0.25) is 0 Å². The van der Waals surface area contributed by atoms with E-state index in [0.29, 0.717) is 0 Å². The summed E-state index contributed by atoms with van der Waals surface area (Å²) in [6.07, 6.45) is 0. The third-order valence-electron chi connectivity index (χ3n) is 0.336. The van der Waals surface area contributed by atoms with Gasteiger partial charge < -0.3 is 19.6 Å². The molecule has 0 heterocycles. The zero-order valence-electron chi connectivity index (χ0n) is 4.21. The van der Waals surface area contributed by atoms with Crippen LogP contribution >= 0.6 is 17.2 Å². The van der Waals surface area contributed by atoms with E-state index in [-0.39, 0.29) is 0 Å². The standard InChI is InChI=1S/CH6O6P2/c2-8(3)6-1-7-9(4)5/h2-5H,1H2. The summed E-state index contributed by atoms with van der Waals surface area (Å²) >= 11 is 0. The Kier molecular flexibility index (Phi) is 5.78. The highest BCUT2D eigenvalue weighted by atomic mass is 31.2. The fourth-order valence-electron chi connectivity index (χ4n) is 0.118. The van der Waals surface area contributed by atoms with Crippen molar-refractivity contribution < 1.29 is 28.6 Å². The monoisotopic (exact) mass is 176 g/mol. The lowest BCUT2D eigenvalue weighted by atomic mass is 11.6. The summed E-state index contributed by atoms with van der Waals surface area (Å²) in [6.45, 7) is -0.530. The van der Waals surface area contributed by atoms with Crippen LogP contribution in [0.1, 0.15) is 0 Å². The first-order valence-corrected chi connectivity index (χ1v) is 4.07. The van der Waals surface area contributed by atoms with Gasteiger partial charge in [-0.05, 0) is 0 Å². The minimum absolute atomic E-state index is 0.530. The Hall–Kier alpha value is 0.620. The molecule has 4 N–H and O–H groups in total. The molecule has 0 aromatic rings. The molecule has 0 atom stereocenters. The Bertz CT molecular complexity index is 56.1. The highest BCUT2D eigenvalue weighted by Gasteiger charge is 2.01. The second-order valence-electron chi connectivity index (χ2n) is 0.882. The van der Waals surface area contributed by atoms with Gasteiger partial charge in [0.25, 0.3) is 0 Å².